The maximum absolute atomic E-state index is 13.4. The average Bonchev–Trinajstić information content (AvgIpc) is 3.41. The number of carbonyl (C=O) groups excluding carboxylic acids is 3. The van der Waals surface area contributed by atoms with Crippen LogP contribution in [0.3, 0.4) is 0 Å². The molecule has 0 aliphatic carbocycles. The standard InChI is InChI=1S/C22H16BrClN4O3/c1-11-16(6-5-13(9-25)18(11)24)28-21(30)19-17-8-15(27(19)22(28)31)10-26(17)20(29)12-3-2-4-14(23)7-12/h2-7,15,17,19H,8,10H2,1H3/t15-,17?,19?/m1/s1. The molecule has 2 bridgehead atoms. The molecule has 2 aromatic carbocycles. The van der Waals surface area contributed by atoms with Crippen LogP contribution in [0.2, 0.25) is 5.02 Å². The van der Waals surface area contributed by atoms with Gasteiger partial charge in [0.15, 0.2) is 0 Å². The zero-order chi connectivity index (χ0) is 22.0. The molecule has 0 radical (unpaired) electrons. The van der Waals surface area contributed by atoms with E-state index in [0.29, 0.717) is 29.8 Å². The quantitative estimate of drug-likeness (QED) is 0.590. The number of halogens is 2. The van der Waals surface area contributed by atoms with Gasteiger partial charge in [0.05, 0.1) is 28.4 Å². The number of urea groups is 1. The number of hydrogen-bond acceptors (Lipinski definition) is 4. The van der Waals surface area contributed by atoms with Gasteiger partial charge in [-0.2, -0.15) is 5.26 Å². The predicted molar refractivity (Wildman–Crippen MR) is 117 cm³/mol. The topological polar surface area (TPSA) is 84.7 Å². The maximum atomic E-state index is 13.4. The molecule has 3 aliphatic rings. The Bertz CT molecular complexity index is 1210. The molecular weight excluding hydrogens is 484 g/mol. The second kappa shape index (κ2) is 7.08. The number of imide groups is 1. The number of hydrogen-bond donors (Lipinski definition) is 0. The van der Waals surface area contributed by atoms with Crippen LogP contribution in [0.5, 0.6) is 0 Å². The molecule has 0 saturated carbocycles. The minimum Gasteiger partial charge on any atom is -0.331 e. The zero-order valence-corrected chi connectivity index (χ0v) is 18.7. The smallest absolute Gasteiger partial charge is 0.331 e. The molecule has 3 heterocycles. The third kappa shape index (κ3) is 2.80. The van der Waals surface area contributed by atoms with Crippen LogP contribution in [0.4, 0.5) is 10.5 Å². The lowest BCUT2D eigenvalue weighted by atomic mass is 10.1. The fourth-order valence-corrected chi connectivity index (χ4v) is 5.50. The van der Waals surface area contributed by atoms with Gasteiger partial charge in [-0.1, -0.05) is 33.6 Å². The van der Waals surface area contributed by atoms with Gasteiger partial charge in [0.2, 0.25) is 0 Å². The molecule has 156 valence electrons. The Morgan fingerprint density at radius 3 is 2.74 bits per heavy atom. The number of nitriles is 1. The minimum absolute atomic E-state index is 0.148. The summed E-state index contributed by atoms with van der Waals surface area (Å²) in [7, 11) is 0. The van der Waals surface area contributed by atoms with Crippen molar-refractivity contribution in [2.75, 3.05) is 11.4 Å². The molecule has 3 saturated heterocycles. The van der Waals surface area contributed by atoms with Gasteiger partial charge in [-0.3, -0.25) is 9.59 Å². The predicted octanol–water partition coefficient (Wildman–Crippen LogP) is 3.72. The van der Waals surface area contributed by atoms with Crippen LogP contribution in [-0.2, 0) is 4.79 Å². The van der Waals surface area contributed by atoms with E-state index >= 15 is 0 Å². The van der Waals surface area contributed by atoms with Crippen LogP contribution in [0.25, 0.3) is 0 Å². The van der Waals surface area contributed by atoms with Gasteiger partial charge in [0.1, 0.15) is 12.1 Å². The summed E-state index contributed by atoms with van der Waals surface area (Å²) in [6.45, 7) is 2.08. The van der Waals surface area contributed by atoms with Crippen molar-refractivity contribution in [3.05, 3.63) is 62.6 Å². The van der Waals surface area contributed by atoms with E-state index in [1.807, 2.05) is 12.1 Å². The molecular formula is C22H16BrClN4O3. The molecule has 9 heteroatoms. The van der Waals surface area contributed by atoms with E-state index in [2.05, 4.69) is 15.9 Å². The minimum atomic E-state index is -0.712. The highest BCUT2D eigenvalue weighted by molar-refractivity contribution is 9.10. The van der Waals surface area contributed by atoms with E-state index in [-0.39, 0.29) is 34.5 Å². The number of amides is 4. The van der Waals surface area contributed by atoms with Crippen LogP contribution in [-0.4, -0.2) is 52.3 Å². The van der Waals surface area contributed by atoms with Crippen molar-refractivity contribution in [1.82, 2.24) is 9.80 Å². The lowest BCUT2D eigenvalue weighted by Crippen LogP contribution is -2.54. The van der Waals surface area contributed by atoms with Crippen LogP contribution < -0.4 is 4.90 Å². The van der Waals surface area contributed by atoms with Crippen molar-refractivity contribution in [3.8, 4) is 6.07 Å². The lowest BCUT2D eigenvalue weighted by molar-refractivity contribution is -0.121. The van der Waals surface area contributed by atoms with E-state index in [1.54, 1.807) is 41.0 Å². The Kier molecular flexibility index (Phi) is 4.57. The fraction of sp³-hybridized carbons (Fsp3) is 0.273. The summed E-state index contributed by atoms with van der Waals surface area (Å²) in [5.41, 5.74) is 1.70. The number of piperazine rings is 1. The van der Waals surface area contributed by atoms with Crippen molar-refractivity contribution in [2.45, 2.75) is 31.5 Å². The zero-order valence-electron chi connectivity index (χ0n) is 16.4. The van der Waals surface area contributed by atoms with Crippen molar-refractivity contribution in [1.29, 1.82) is 5.26 Å². The Labute approximate surface area is 191 Å². The highest BCUT2D eigenvalue weighted by Gasteiger charge is 2.63. The molecule has 3 fully saturated rings. The number of rotatable bonds is 2. The molecule has 0 spiro atoms. The largest absolute Gasteiger partial charge is 0.332 e. The van der Waals surface area contributed by atoms with E-state index in [0.717, 1.165) is 9.37 Å². The van der Waals surface area contributed by atoms with Gasteiger partial charge in [-0.25, -0.2) is 9.69 Å². The normalized spacial score (nSPS) is 24.1. The third-order valence-electron chi connectivity index (χ3n) is 6.32. The summed E-state index contributed by atoms with van der Waals surface area (Å²) in [6, 6.07) is 10.5. The summed E-state index contributed by atoms with van der Waals surface area (Å²) in [6.07, 6.45) is 0.586. The first kappa shape index (κ1) is 20.0. The van der Waals surface area contributed by atoms with E-state index in [9.17, 15) is 19.6 Å². The molecule has 0 aromatic heterocycles. The van der Waals surface area contributed by atoms with Gasteiger partial charge in [-0.15, -0.1) is 0 Å². The number of anilines is 1. The molecule has 2 unspecified atom stereocenters. The van der Waals surface area contributed by atoms with Gasteiger partial charge in [0.25, 0.3) is 11.8 Å². The Morgan fingerprint density at radius 1 is 1.26 bits per heavy atom. The van der Waals surface area contributed by atoms with Crippen LogP contribution in [0, 0.1) is 18.3 Å². The van der Waals surface area contributed by atoms with Crippen LogP contribution in [0.15, 0.2) is 40.9 Å². The number of fused-ring (bicyclic) bond motifs is 5. The monoisotopic (exact) mass is 498 g/mol. The Balaban J connectivity index is 1.47. The van der Waals surface area contributed by atoms with E-state index < -0.39 is 12.1 Å². The first-order valence-corrected chi connectivity index (χ1v) is 10.9. The second-order valence-corrected chi connectivity index (χ2v) is 9.21. The van der Waals surface area contributed by atoms with Crippen molar-refractivity contribution in [3.63, 3.8) is 0 Å². The molecule has 4 amide bonds. The number of nitrogens with zero attached hydrogens (tertiary/aromatic N) is 4. The summed E-state index contributed by atoms with van der Waals surface area (Å²) >= 11 is 9.65. The molecule has 0 N–H and O–H groups in total. The summed E-state index contributed by atoms with van der Waals surface area (Å²) in [5, 5.41) is 9.40. The number of benzene rings is 2. The molecule has 31 heavy (non-hydrogen) atoms. The van der Waals surface area contributed by atoms with Gasteiger partial charge >= 0.3 is 6.03 Å². The molecule has 5 rings (SSSR count). The molecule has 7 nitrogen and oxygen atoms in total. The maximum Gasteiger partial charge on any atom is 0.332 e. The highest BCUT2D eigenvalue weighted by Crippen LogP contribution is 2.44. The average molecular weight is 500 g/mol. The summed E-state index contributed by atoms with van der Waals surface area (Å²) < 4.78 is 0.802. The fourth-order valence-electron chi connectivity index (χ4n) is 4.90. The molecule has 3 aliphatic heterocycles. The van der Waals surface area contributed by atoms with Crippen LogP contribution >= 0.6 is 27.5 Å². The summed E-state index contributed by atoms with van der Waals surface area (Å²) in [4.78, 5) is 44.1. The molecule has 3 atom stereocenters. The van der Waals surface area contributed by atoms with E-state index in [4.69, 9.17) is 11.6 Å². The van der Waals surface area contributed by atoms with Gasteiger partial charge < -0.3 is 9.80 Å². The first-order chi connectivity index (χ1) is 14.8. The van der Waals surface area contributed by atoms with Crippen LogP contribution in [0.1, 0.15) is 27.9 Å². The Hall–Kier alpha value is -2.89. The summed E-state index contributed by atoms with van der Waals surface area (Å²) in [5.74, 6) is -0.516. The van der Waals surface area contributed by atoms with Crippen molar-refractivity contribution < 1.29 is 14.4 Å². The van der Waals surface area contributed by atoms with Gasteiger partial charge in [-0.05, 0) is 49.2 Å². The van der Waals surface area contributed by atoms with Crippen molar-refractivity contribution in [2.24, 2.45) is 0 Å². The molecule has 2 aromatic rings. The second-order valence-electron chi connectivity index (χ2n) is 7.92. The van der Waals surface area contributed by atoms with Gasteiger partial charge in [0, 0.05) is 16.6 Å². The Morgan fingerprint density at radius 2 is 2.03 bits per heavy atom. The van der Waals surface area contributed by atoms with E-state index in [1.165, 1.54) is 6.07 Å². The third-order valence-corrected chi connectivity index (χ3v) is 7.30. The first-order valence-electron chi connectivity index (χ1n) is 9.75. The SMILES string of the molecule is Cc1c(N2C(=O)C3C4C[C@H](CN4C(=O)c4cccc(Br)c4)N3C2=O)ccc(C#N)c1Cl. The highest BCUT2D eigenvalue weighted by atomic mass is 79.9. The lowest BCUT2D eigenvalue weighted by Gasteiger charge is -2.35. The van der Waals surface area contributed by atoms with Crippen molar-refractivity contribution >= 4 is 51.1 Å². The number of likely N-dealkylation sites (tertiary alicyclic amines) is 1. The number of carbonyl (C=O) groups is 3.